The van der Waals surface area contributed by atoms with E-state index in [1.54, 1.807) is 11.8 Å². The Morgan fingerprint density at radius 3 is 2.21 bits per heavy atom. The number of piperidine rings is 1. The van der Waals surface area contributed by atoms with Gasteiger partial charge in [-0.2, -0.15) is 0 Å². The zero-order valence-corrected chi connectivity index (χ0v) is 15.6. The van der Waals surface area contributed by atoms with E-state index in [9.17, 15) is 18.0 Å². The molecular formula is C16H27N3O4S. The Morgan fingerprint density at radius 1 is 1.12 bits per heavy atom. The maximum atomic E-state index is 13.1. The molecule has 7 nitrogen and oxygen atoms in total. The Morgan fingerprint density at radius 2 is 1.75 bits per heavy atom. The Bertz CT molecular complexity index is 654. The number of rotatable bonds is 2. The summed E-state index contributed by atoms with van der Waals surface area (Å²) < 4.78 is 25.1. The fourth-order valence-corrected chi connectivity index (χ4v) is 5.79. The molecule has 0 unspecified atom stereocenters. The van der Waals surface area contributed by atoms with Crippen LogP contribution in [0.2, 0.25) is 0 Å². The van der Waals surface area contributed by atoms with Crippen LogP contribution in [0.1, 0.15) is 33.1 Å². The number of carbonyl (C=O) groups is 2. The minimum Gasteiger partial charge on any atom is -0.342 e. The van der Waals surface area contributed by atoms with E-state index >= 15 is 0 Å². The van der Waals surface area contributed by atoms with Crippen molar-refractivity contribution in [1.29, 1.82) is 0 Å². The van der Waals surface area contributed by atoms with Gasteiger partial charge in [-0.15, -0.1) is 0 Å². The maximum Gasteiger partial charge on any atom is 0.231 e. The smallest absolute Gasteiger partial charge is 0.231 e. The van der Waals surface area contributed by atoms with Gasteiger partial charge in [0.05, 0.1) is 11.7 Å². The van der Waals surface area contributed by atoms with Crippen molar-refractivity contribution in [2.75, 3.05) is 45.5 Å². The average Bonchev–Trinajstić information content (AvgIpc) is 3.00. The monoisotopic (exact) mass is 357 g/mol. The highest BCUT2D eigenvalue weighted by atomic mass is 32.2. The van der Waals surface area contributed by atoms with Crippen LogP contribution in [0, 0.1) is 10.8 Å². The van der Waals surface area contributed by atoms with E-state index in [1.807, 2.05) is 11.8 Å². The first-order chi connectivity index (χ1) is 11.2. The second-order valence-electron chi connectivity index (χ2n) is 7.53. The van der Waals surface area contributed by atoms with Gasteiger partial charge in [0.2, 0.25) is 21.8 Å². The van der Waals surface area contributed by atoms with Crippen molar-refractivity contribution in [3.8, 4) is 0 Å². The highest BCUT2D eigenvalue weighted by Gasteiger charge is 2.65. The van der Waals surface area contributed by atoms with E-state index in [4.69, 9.17) is 0 Å². The van der Waals surface area contributed by atoms with Gasteiger partial charge >= 0.3 is 0 Å². The molecule has 2 spiro atoms. The minimum atomic E-state index is -3.21. The quantitative estimate of drug-likeness (QED) is 0.704. The largest absolute Gasteiger partial charge is 0.342 e. The second kappa shape index (κ2) is 5.69. The lowest BCUT2D eigenvalue weighted by Crippen LogP contribution is -2.53. The highest BCUT2D eigenvalue weighted by Crippen LogP contribution is 2.57. The molecule has 8 heteroatoms. The fourth-order valence-electron chi connectivity index (χ4n) is 4.95. The first-order valence-electron chi connectivity index (χ1n) is 8.65. The molecule has 3 aliphatic rings. The van der Waals surface area contributed by atoms with Gasteiger partial charge in [-0.05, 0) is 26.2 Å². The standard InChI is InChI=1S/C16H27N3O4S/c1-4-17-8-7-16(14(17)21)12-18(13(2)20)11-15(16)5-9-19(10-6-15)24(3,22)23/h4-12H2,1-3H3/t16-/m0/s1. The summed E-state index contributed by atoms with van der Waals surface area (Å²) in [6, 6.07) is 0. The molecule has 0 aromatic rings. The molecular weight excluding hydrogens is 330 g/mol. The molecule has 3 fully saturated rings. The molecule has 1 atom stereocenters. The van der Waals surface area contributed by atoms with Crippen molar-refractivity contribution in [2.45, 2.75) is 33.1 Å². The minimum absolute atomic E-state index is 0.000425. The number of hydrogen-bond acceptors (Lipinski definition) is 4. The third kappa shape index (κ3) is 2.45. The number of sulfonamides is 1. The van der Waals surface area contributed by atoms with Crippen molar-refractivity contribution < 1.29 is 18.0 Å². The summed E-state index contributed by atoms with van der Waals surface area (Å²) in [7, 11) is -3.21. The van der Waals surface area contributed by atoms with Crippen molar-refractivity contribution in [2.24, 2.45) is 10.8 Å². The second-order valence-corrected chi connectivity index (χ2v) is 9.52. The van der Waals surface area contributed by atoms with Crippen LogP contribution >= 0.6 is 0 Å². The molecule has 0 aromatic carbocycles. The Balaban J connectivity index is 1.93. The number of amides is 2. The zero-order chi connectivity index (χ0) is 17.8. The van der Waals surface area contributed by atoms with Crippen LogP contribution in [0.15, 0.2) is 0 Å². The van der Waals surface area contributed by atoms with Crippen LogP contribution in [-0.4, -0.2) is 79.9 Å². The topological polar surface area (TPSA) is 78.0 Å². The third-order valence-corrected chi connectivity index (χ3v) is 7.75. The Kier molecular flexibility index (Phi) is 4.19. The third-order valence-electron chi connectivity index (χ3n) is 6.45. The summed E-state index contributed by atoms with van der Waals surface area (Å²) in [4.78, 5) is 28.8. The maximum absolute atomic E-state index is 13.1. The SMILES string of the molecule is CCN1CC[C@]2(CN(C(C)=O)CC23CCN(S(C)(=O)=O)CC3)C1=O. The zero-order valence-electron chi connectivity index (χ0n) is 14.7. The molecule has 3 heterocycles. The number of likely N-dealkylation sites (tertiary alicyclic amines) is 2. The number of nitrogens with zero attached hydrogens (tertiary/aromatic N) is 3. The lowest BCUT2D eigenvalue weighted by atomic mass is 9.60. The molecule has 136 valence electrons. The van der Waals surface area contributed by atoms with Gasteiger partial charge in [-0.3, -0.25) is 9.59 Å². The van der Waals surface area contributed by atoms with Gasteiger partial charge < -0.3 is 9.80 Å². The molecule has 0 aromatic heterocycles. The van der Waals surface area contributed by atoms with Crippen molar-refractivity contribution >= 4 is 21.8 Å². The van der Waals surface area contributed by atoms with Crippen LogP contribution in [-0.2, 0) is 19.6 Å². The highest BCUT2D eigenvalue weighted by molar-refractivity contribution is 7.88. The molecule has 24 heavy (non-hydrogen) atoms. The summed E-state index contributed by atoms with van der Waals surface area (Å²) >= 11 is 0. The van der Waals surface area contributed by atoms with E-state index in [0.29, 0.717) is 45.6 Å². The normalized spacial score (nSPS) is 30.7. The van der Waals surface area contributed by atoms with Gasteiger partial charge in [0.15, 0.2) is 0 Å². The van der Waals surface area contributed by atoms with Crippen LogP contribution in [0.3, 0.4) is 0 Å². The summed E-state index contributed by atoms with van der Waals surface area (Å²) in [5, 5.41) is 0. The van der Waals surface area contributed by atoms with Crippen LogP contribution < -0.4 is 0 Å². The molecule has 0 bridgehead atoms. The predicted molar refractivity (Wildman–Crippen MR) is 89.6 cm³/mol. The van der Waals surface area contributed by atoms with Gasteiger partial charge in [0.25, 0.3) is 0 Å². The van der Waals surface area contributed by atoms with Crippen molar-refractivity contribution in [3.63, 3.8) is 0 Å². The lowest BCUT2D eigenvalue weighted by Gasteiger charge is -2.46. The van der Waals surface area contributed by atoms with Gasteiger partial charge in [-0.25, -0.2) is 12.7 Å². The fraction of sp³-hybridized carbons (Fsp3) is 0.875. The Hall–Kier alpha value is -1.15. The van der Waals surface area contributed by atoms with Gasteiger partial charge in [-0.1, -0.05) is 0 Å². The van der Waals surface area contributed by atoms with Crippen molar-refractivity contribution in [1.82, 2.24) is 14.1 Å². The number of carbonyl (C=O) groups excluding carboxylic acids is 2. The number of fused-ring (bicyclic) bond motifs is 1. The average molecular weight is 357 g/mol. The van der Waals surface area contributed by atoms with Gasteiger partial charge in [0.1, 0.15) is 0 Å². The van der Waals surface area contributed by atoms with Crippen LogP contribution in [0.25, 0.3) is 0 Å². The van der Waals surface area contributed by atoms with Crippen molar-refractivity contribution in [3.05, 3.63) is 0 Å². The summed E-state index contributed by atoms with van der Waals surface area (Å²) in [6.45, 7) is 6.88. The molecule has 3 rings (SSSR count). The first kappa shape index (κ1) is 17.7. The Labute approximate surface area is 144 Å². The molecule has 2 amide bonds. The van der Waals surface area contributed by atoms with E-state index in [0.717, 1.165) is 13.0 Å². The van der Waals surface area contributed by atoms with Crippen LogP contribution in [0.5, 0.6) is 0 Å². The molecule has 0 saturated carbocycles. The van der Waals surface area contributed by atoms with Gasteiger partial charge in [0, 0.05) is 51.6 Å². The van der Waals surface area contributed by atoms with E-state index in [2.05, 4.69) is 0 Å². The van der Waals surface area contributed by atoms with E-state index in [1.165, 1.54) is 10.6 Å². The van der Waals surface area contributed by atoms with Crippen LogP contribution in [0.4, 0.5) is 0 Å². The molecule has 0 aliphatic carbocycles. The molecule has 3 aliphatic heterocycles. The van der Waals surface area contributed by atoms with E-state index < -0.39 is 15.4 Å². The summed E-state index contributed by atoms with van der Waals surface area (Å²) in [5.74, 6) is 0.154. The molecule has 3 saturated heterocycles. The summed E-state index contributed by atoms with van der Waals surface area (Å²) in [5.41, 5.74) is -0.820. The molecule has 0 radical (unpaired) electrons. The first-order valence-corrected chi connectivity index (χ1v) is 10.5. The number of hydrogen-bond donors (Lipinski definition) is 0. The predicted octanol–water partition coefficient (Wildman–Crippen LogP) is 0.129. The lowest BCUT2D eigenvalue weighted by molar-refractivity contribution is -0.141. The molecule has 0 N–H and O–H groups in total. The summed E-state index contributed by atoms with van der Waals surface area (Å²) in [6.07, 6.45) is 3.29. The van der Waals surface area contributed by atoms with E-state index in [-0.39, 0.29) is 17.2 Å².